The first kappa shape index (κ1) is 9.92. The van der Waals surface area contributed by atoms with Crippen LogP contribution in [0, 0.1) is 5.92 Å². The van der Waals surface area contributed by atoms with Gasteiger partial charge in [0.25, 0.3) is 0 Å². The molecule has 10 heavy (non-hydrogen) atoms. The largest absolute Gasteiger partial charge is 0.329 e. The third-order valence-electron chi connectivity index (χ3n) is 1.83. The summed E-state index contributed by atoms with van der Waals surface area (Å²) in [6.07, 6.45) is 2.48. The third kappa shape index (κ3) is 4.77. The smallest absolute Gasteiger partial charge is 0.0256 e. The molecule has 0 bridgehead atoms. The van der Waals surface area contributed by atoms with Crippen molar-refractivity contribution in [3.05, 3.63) is 0 Å². The van der Waals surface area contributed by atoms with E-state index >= 15 is 0 Å². The maximum atomic E-state index is 5.30. The van der Waals surface area contributed by atoms with E-state index in [2.05, 4.69) is 19.2 Å². The van der Waals surface area contributed by atoms with Crippen LogP contribution < -0.4 is 11.1 Å². The van der Waals surface area contributed by atoms with E-state index in [1.54, 1.807) is 0 Å². The fourth-order valence-electron chi connectivity index (χ4n) is 0.912. The quantitative estimate of drug-likeness (QED) is 0.553. The standard InChI is InChI=1S/C8H19N2/c1-3-8(4-2)7-10-6-5-9/h8H,3-7,9H2,1-2H3. The first-order chi connectivity index (χ1) is 4.85. The molecule has 0 saturated heterocycles. The Kier molecular flexibility index (Phi) is 6.98. The molecule has 0 atom stereocenters. The zero-order valence-electron chi connectivity index (χ0n) is 7.14. The minimum absolute atomic E-state index is 0.695. The highest BCUT2D eigenvalue weighted by Crippen LogP contribution is 2.04. The van der Waals surface area contributed by atoms with Crippen molar-refractivity contribution in [3.63, 3.8) is 0 Å². The van der Waals surface area contributed by atoms with Gasteiger partial charge in [-0.05, 0) is 5.92 Å². The molecule has 0 aliphatic rings. The topological polar surface area (TPSA) is 40.1 Å². The lowest BCUT2D eigenvalue weighted by Gasteiger charge is -2.10. The molecule has 1 radical (unpaired) electrons. The number of hydrogen-bond donors (Lipinski definition) is 1. The Morgan fingerprint density at radius 1 is 1.30 bits per heavy atom. The Morgan fingerprint density at radius 3 is 2.30 bits per heavy atom. The Bertz CT molecular complexity index is 60.3. The second-order valence-corrected chi connectivity index (χ2v) is 2.60. The van der Waals surface area contributed by atoms with Crippen LogP contribution in [0.2, 0.25) is 0 Å². The lowest BCUT2D eigenvalue weighted by atomic mass is 10.0. The van der Waals surface area contributed by atoms with Gasteiger partial charge in [0.15, 0.2) is 0 Å². The molecule has 0 unspecified atom stereocenters. The second kappa shape index (κ2) is 7.03. The molecule has 0 aromatic carbocycles. The van der Waals surface area contributed by atoms with Crippen LogP contribution in [0.1, 0.15) is 26.7 Å². The fraction of sp³-hybridized carbons (Fsp3) is 1.00. The van der Waals surface area contributed by atoms with E-state index < -0.39 is 0 Å². The zero-order chi connectivity index (χ0) is 7.82. The summed E-state index contributed by atoms with van der Waals surface area (Å²) in [6.45, 7) is 6.96. The van der Waals surface area contributed by atoms with Crippen molar-refractivity contribution >= 4 is 0 Å². The van der Waals surface area contributed by atoms with E-state index in [4.69, 9.17) is 5.73 Å². The van der Waals surface area contributed by atoms with Gasteiger partial charge >= 0.3 is 0 Å². The van der Waals surface area contributed by atoms with Gasteiger partial charge < -0.3 is 5.73 Å². The van der Waals surface area contributed by atoms with Crippen LogP contribution in [0.15, 0.2) is 0 Å². The summed E-state index contributed by atoms with van der Waals surface area (Å²) in [7, 11) is 0. The van der Waals surface area contributed by atoms with E-state index in [1.807, 2.05) is 0 Å². The summed E-state index contributed by atoms with van der Waals surface area (Å²) >= 11 is 0. The molecule has 0 saturated carbocycles. The van der Waals surface area contributed by atoms with Crippen molar-refractivity contribution in [2.24, 2.45) is 11.7 Å². The lowest BCUT2D eigenvalue weighted by molar-refractivity contribution is 0.448. The Balaban J connectivity index is 3.09. The normalized spacial score (nSPS) is 10.8. The predicted octanol–water partition coefficient (Wildman–Crippen LogP) is 0.986. The van der Waals surface area contributed by atoms with Crippen LogP contribution in [0.25, 0.3) is 0 Å². The molecule has 2 nitrogen and oxygen atoms in total. The summed E-state index contributed by atoms with van der Waals surface area (Å²) in [5.74, 6) is 0.784. The summed E-state index contributed by atoms with van der Waals surface area (Å²) in [5.41, 5.74) is 5.30. The van der Waals surface area contributed by atoms with Crippen LogP contribution in [0.4, 0.5) is 0 Å². The lowest BCUT2D eigenvalue weighted by Crippen LogP contribution is -2.21. The SMILES string of the molecule is CCC(CC)C[N]CCN. The van der Waals surface area contributed by atoms with E-state index in [1.165, 1.54) is 12.8 Å². The molecule has 0 heterocycles. The molecule has 2 N–H and O–H groups in total. The minimum Gasteiger partial charge on any atom is -0.329 e. The van der Waals surface area contributed by atoms with Gasteiger partial charge in [0.05, 0.1) is 0 Å². The van der Waals surface area contributed by atoms with Crippen molar-refractivity contribution < 1.29 is 0 Å². The maximum Gasteiger partial charge on any atom is 0.0256 e. The highest BCUT2D eigenvalue weighted by atomic mass is 14.9. The van der Waals surface area contributed by atoms with Crippen molar-refractivity contribution in [3.8, 4) is 0 Å². The molecule has 61 valence electrons. The second-order valence-electron chi connectivity index (χ2n) is 2.60. The summed E-state index contributed by atoms with van der Waals surface area (Å²) < 4.78 is 0. The molecule has 2 heteroatoms. The molecule has 0 spiro atoms. The van der Waals surface area contributed by atoms with Gasteiger partial charge in [-0.15, -0.1) is 0 Å². The fourth-order valence-corrected chi connectivity index (χ4v) is 0.912. The molecular weight excluding hydrogens is 124 g/mol. The number of nitrogens with two attached hydrogens (primary N) is 1. The number of hydrogen-bond acceptors (Lipinski definition) is 1. The maximum absolute atomic E-state index is 5.30. The molecule has 0 aliphatic heterocycles. The molecule has 0 amide bonds. The van der Waals surface area contributed by atoms with Crippen molar-refractivity contribution in [2.75, 3.05) is 19.6 Å². The Labute approximate surface area is 64.2 Å². The van der Waals surface area contributed by atoms with Gasteiger partial charge in [-0.1, -0.05) is 26.7 Å². The summed E-state index contributed by atoms with van der Waals surface area (Å²) in [5, 5.41) is 4.31. The van der Waals surface area contributed by atoms with Gasteiger partial charge in [0.2, 0.25) is 0 Å². The van der Waals surface area contributed by atoms with Gasteiger partial charge in [-0.3, -0.25) is 0 Å². The van der Waals surface area contributed by atoms with Gasteiger partial charge in [-0.25, -0.2) is 5.32 Å². The predicted molar refractivity (Wildman–Crippen MR) is 45.0 cm³/mol. The van der Waals surface area contributed by atoms with Gasteiger partial charge in [-0.2, -0.15) is 0 Å². The zero-order valence-corrected chi connectivity index (χ0v) is 7.14. The summed E-state index contributed by atoms with van der Waals surface area (Å²) in [6, 6.07) is 0. The van der Waals surface area contributed by atoms with Crippen LogP contribution >= 0.6 is 0 Å². The van der Waals surface area contributed by atoms with Gasteiger partial charge in [0.1, 0.15) is 0 Å². The van der Waals surface area contributed by atoms with Crippen molar-refractivity contribution in [2.45, 2.75) is 26.7 Å². The van der Waals surface area contributed by atoms with Gasteiger partial charge in [0, 0.05) is 19.6 Å². The third-order valence-corrected chi connectivity index (χ3v) is 1.83. The minimum atomic E-state index is 0.695. The van der Waals surface area contributed by atoms with Crippen LogP contribution in [0.3, 0.4) is 0 Å². The van der Waals surface area contributed by atoms with Crippen molar-refractivity contribution in [1.29, 1.82) is 0 Å². The molecule has 0 aromatic heterocycles. The monoisotopic (exact) mass is 143 g/mol. The Hall–Kier alpha value is -0.0800. The Morgan fingerprint density at radius 2 is 1.90 bits per heavy atom. The molecule has 0 rings (SSSR count). The first-order valence-corrected chi connectivity index (χ1v) is 4.18. The van der Waals surface area contributed by atoms with E-state index in [9.17, 15) is 0 Å². The van der Waals surface area contributed by atoms with E-state index in [-0.39, 0.29) is 0 Å². The molecule has 0 fully saturated rings. The van der Waals surface area contributed by atoms with Crippen LogP contribution in [-0.4, -0.2) is 19.6 Å². The molecule has 0 aliphatic carbocycles. The van der Waals surface area contributed by atoms with E-state index in [0.717, 1.165) is 19.0 Å². The molecule has 0 aromatic rings. The number of nitrogens with zero attached hydrogens (tertiary/aromatic N) is 1. The van der Waals surface area contributed by atoms with Crippen LogP contribution in [0.5, 0.6) is 0 Å². The van der Waals surface area contributed by atoms with Crippen molar-refractivity contribution in [1.82, 2.24) is 5.32 Å². The average Bonchev–Trinajstić information content (AvgIpc) is 1.99. The van der Waals surface area contributed by atoms with E-state index in [0.29, 0.717) is 6.54 Å². The number of rotatable bonds is 6. The van der Waals surface area contributed by atoms with Crippen LogP contribution in [-0.2, 0) is 0 Å². The highest BCUT2D eigenvalue weighted by molar-refractivity contribution is 4.57. The average molecular weight is 143 g/mol. The first-order valence-electron chi connectivity index (χ1n) is 4.18. The summed E-state index contributed by atoms with van der Waals surface area (Å²) in [4.78, 5) is 0. The molecular formula is C8H19N2. The highest BCUT2D eigenvalue weighted by Gasteiger charge is 2.01.